The highest BCUT2D eigenvalue weighted by atomic mass is 16.5. The first kappa shape index (κ1) is 19.7. The van der Waals surface area contributed by atoms with E-state index in [2.05, 4.69) is 146 Å². The lowest BCUT2D eigenvalue weighted by molar-refractivity contribution is -0.0535. The Hall–Kier alpha value is -3.94. The largest absolute Gasteiger partial charge is 0.340 e. The van der Waals surface area contributed by atoms with Crippen molar-refractivity contribution in [1.82, 2.24) is 0 Å². The first-order valence-electron chi connectivity index (χ1n) is 11.4. The van der Waals surface area contributed by atoms with Crippen LogP contribution in [0.25, 0.3) is 0 Å². The molecule has 0 fully saturated rings. The van der Waals surface area contributed by atoms with Gasteiger partial charge in [0.15, 0.2) is 0 Å². The van der Waals surface area contributed by atoms with Crippen molar-refractivity contribution in [3.63, 3.8) is 0 Å². The molecule has 1 nitrogen and oxygen atoms in total. The molecule has 5 aromatic rings. The SMILES string of the molecule is c1ccc(C2(c3ccccc3)OC(c3ccccc3)(c3ccccc3)c3ccccc32)cc1. The topological polar surface area (TPSA) is 9.23 Å². The molecule has 0 radical (unpaired) electrons. The van der Waals surface area contributed by atoms with E-state index >= 15 is 0 Å². The number of hydrogen-bond donors (Lipinski definition) is 0. The molecule has 0 atom stereocenters. The van der Waals surface area contributed by atoms with Crippen LogP contribution in [0.4, 0.5) is 0 Å². The number of benzene rings is 5. The molecule has 6 rings (SSSR count). The highest BCUT2D eigenvalue weighted by Gasteiger charge is 2.56. The van der Waals surface area contributed by atoms with Gasteiger partial charge in [0, 0.05) is 0 Å². The number of ether oxygens (including phenoxy) is 1. The number of hydrogen-bond acceptors (Lipinski definition) is 1. The van der Waals surface area contributed by atoms with Gasteiger partial charge in [-0.25, -0.2) is 0 Å². The summed E-state index contributed by atoms with van der Waals surface area (Å²) in [5, 5.41) is 0. The molecule has 0 bridgehead atoms. The van der Waals surface area contributed by atoms with Crippen LogP contribution in [0, 0.1) is 0 Å². The summed E-state index contributed by atoms with van der Waals surface area (Å²) in [7, 11) is 0. The van der Waals surface area contributed by atoms with Crippen molar-refractivity contribution in [1.29, 1.82) is 0 Å². The molecule has 0 N–H and O–H groups in total. The van der Waals surface area contributed by atoms with Crippen molar-refractivity contribution >= 4 is 0 Å². The van der Waals surface area contributed by atoms with E-state index in [9.17, 15) is 0 Å². The zero-order valence-electron chi connectivity index (χ0n) is 18.3. The van der Waals surface area contributed by atoms with E-state index in [-0.39, 0.29) is 0 Å². The Balaban J connectivity index is 1.75. The molecular formula is C32H24O. The predicted molar refractivity (Wildman–Crippen MR) is 133 cm³/mol. The maximum absolute atomic E-state index is 7.55. The van der Waals surface area contributed by atoms with Crippen LogP contribution in [-0.2, 0) is 15.9 Å². The average Bonchev–Trinajstić information content (AvgIpc) is 3.24. The molecule has 158 valence electrons. The minimum Gasteiger partial charge on any atom is -0.340 e. The summed E-state index contributed by atoms with van der Waals surface area (Å²) < 4.78 is 7.55. The van der Waals surface area contributed by atoms with Crippen LogP contribution in [0.2, 0.25) is 0 Å². The van der Waals surface area contributed by atoms with Crippen LogP contribution in [-0.4, -0.2) is 0 Å². The fraction of sp³-hybridized carbons (Fsp3) is 0.0625. The van der Waals surface area contributed by atoms with Gasteiger partial charge >= 0.3 is 0 Å². The maximum Gasteiger partial charge on any atom is 0.146 e. The van der Waals surface area contributed by atoms with E-state index in [1.165, 1.54) is 11.1 Å². The van der Waals surface area contributed by atoms with Crippen molar-refractivity contribution in [3.05, 3.63) is 179 Å². The molecular weight excluding hydrogens is 400 g/mol. The van der Waals surface area contributed by atoms with Crippen molar-refractivity contribution in [2.24, 2.45) is 0 Å². The molecule has 33 heavy (non-hydrogen) atoms. The minimum absolute atomic E-state index is 0.745. The van der Waals surface area contributed by atoms with Gasteiger partial charge < -0.3 is 4.74 Å². The van der Waals surface area contributed by atoms with Gasteiger partial charge in [-0.1, -0.05) is 146 Å². The molecule has 0 amide bonds. The minimum atomic E-state index is -0.745. The van der Waals surface area contributed by atoms with Crippen molar-refractivity contribution in [2.45, 2.75) is 11.2 Å². The molecule has 5 aromatic carbocycles. The van der Waals surface area contributed by atoms with Crippen LogP contribution >= 0.6 is 0 Å². The van der Waals surface area contributed by atoms with Gasteiger partial charge in [-0.05, 0) is 33.4 Å². The molecule has 0 spiro atoms. The Morgan fingerprint density at radius 3 is 0.818 bits per heavy atom. The Morgan fingerprint density at radius 1 is 0.303 bits per heavy atom. The highest BCUT2D eigenvalue weighted by molar-refractivity contribution is 5.62. The molecule has 1 heterocycles. The molecule has 1 heteroatoms. The summed E-state index contributed by atoms with van der Waals surface area (Å²) in [5.74, 6) is 0. The normalized spacial score (nSPS) is 15.6. The van der Waals surface area contributed by atoms with Gasteiger partial charge in [0.05, 0.1) is 0 Å². The molecule has 1 aliphatic heterocycles. The lowest BCUT2D eigenvalue weighted by Crippen LogP contribution is -2.36. The average molecular weight is 425 g/mol. The van der Waals surface area contributed by atoms with Gasteiger partial charge in [-0.2, -0.15) is 0 Å². The Morgan fingerprint density at radius 2 is 0.545 bits per heavy atom. The van der Waals surface area contributed by atoms with Crippen LogP contribution in [0.15, 0.2) is 146 Å². The molecule has 1 aliphatic rings. The monoisotopic (exact) mass is 424 g/mol. The van der Waals surface area contributed by atoms with Crippen LogP contribution in [0.1, 0.15) is 33.4 Å². The smallest absolute Gasteiger partial charge is 0.146 e. The quantitative estimate of drug-likeness (QED) is 0.294. The highest BCUT2D eigenvalue weighted by Crippen LogP contribution is 2.58. The maximum atomic E-state index is 7.55. The molecule has 0 aromatic heterocycles. The third kappa shape index (κ3) is 2.90. The van der Waals surface area contributed by atoms with E-state index < -0.39 is 11.2 Å². The van der Waals surface area contributed by atoms with Crippen LogP contribution < -0.4 is 0 Å². The second kappa shape index (κ2) is 7.88. The van der Waals surface area contributed by atoms with Crippen molar-refractivity contribution < 1.29 is 4.74 Å². The van der Waals surface area contributed by atoms with Gasteiger partial charge in [-0.3, -0.25) is 0 Å². The molecule has 0 unspecified atom stereocenters. The first-order chi connectivity index (χ1) is 16.4. The van der Waals surface area contributed by atoms with Crippen molar-refractivity contribution in [3.8, 4) is 0 Å². The van der Waals surface area contributed by atoms with E-state index in [1.807, 2.05) is 0 Å². The van der Waals surface area contributed by atoms with Gasteiger partial charge in [0.1, 0.15) is 11.2 Å². The third-order valence-electron chi connectivity index (χ3n) is 6.71. The second-order valence-electron chi connectivity index (χ2n) is 8.47. The summed E-state index contributed by atoms with van der Waals surface area (Å²) in [4.78, 5) is 0. The van der Waals surface area contributed by atoms with Crippen LogP contribution in [0.5, 0.6) is 0 Å². The number of rotatable bonds is 4. The fourth-order valence-electron chi connectivity index (χ4n) is 5.32. The standard InChI is InChI=1S/C32H24O/c1-5-15-25(16-6-1)31(26-17-7-2-8-18-26)29-23-13-14-24-30(29)32(33-31,27-19-9-3-10-20-27)28-21-11-4-12-22-28/h1-24H. The summed E-state index contributed by atoms with van der Waals surface area (Å²) in [6, 6.07) is 51.1. The summed E-state index contributed by atoms with van der Waals surface area (Å²) >= 11 is 0. The Bertz CT molecular complexity index is 1170. The summed E-state index contributed by atoms with van der Waals surface area (Å²) in [6.07, 6.45) is 0. The molecule has 0 saturated heterocycles. The first-order valence-corrected chi connectivity index (χ1v) is 11.4. The predicted octanol–water partition coefficient (Wildman–Crippen LogP) is 7.30. The van der Waals surface area contributed by atoms with E-state index in [0.717, 1.165) is 22.3 Å². The molecule has 0 aliphatic carbocycles. The zero-order valence-corrected chi connectivity index (χ0v) is 18.3. The third-order valence-corrected chi connectivity index (χ3v) is 6.71. The molecule has 0 saturated carbocycles. The Labute approximate surface area is 194 Å². The fourth-order valence-corrected chi connectivity index (χ4v) is 5.32. The van der Waals surface area contributed by atoms with Gasteiger partial charge in [0.25, 0.3) is 0 Å². The lowest BCUT2D eigenvalue weighted by atomic mass is 9.76. The summed E-state index contributed by atoms with van der Waals surface area (Å²) in [6.45, 7) is 0. The van der Waals surface area contributed by atoms with E-state index in [0.29, 0.717) is 0 Å². The zero-order chi connectivity index (χ0) is 22.1. The Kier molecular flexibility index (Phi) is 4.71. The van der Waals surface area contributed by atoms with E-state index in [4.69, 9.17) is 4.74 Å². The second-order valence-corrected chi connectivity index (χ2v) is 8.47. The number of fused-ring (bicyclic) bond motifs is 1. The van der Waals surface area contributed by atoms with Crippen LogP contribution in [0.3, 0.4) is 0 Å². The van der Waals surface area contributed by atoms with Crippen molar-refractivity contribution in [2.75, 3.05) is 0 Å². The van der Waals surface area contributed by atoms with Gasteiger partial charge in [0.2, 0.25) is 0 Å². The van der Waals surface area contributed by atoms with E-state index in [1.54, 1.807) is 0 Å². The van der Waals surface area contributed by atoms with Gasteiger partial charge in [-0.15, -0.1) is 0 Å². The lowest BCUT2D eigenvalue weighted by Gasteiger charge is -2.37. The summed E-state index contributed by atoms with van der Waals surface area (Å²) in [5.41, 5.74) is 5.35.